The third-order valence-electron chi connectivity index (χ3n) is 2.56. The Morgan fingerprint density at radius 1 is 1.53 bits per heavy atom. The predicted molar refractivity (Wildman–Crippen MR) is 64.2 cm³/mol. The van der Waals surface area contributed by atoms with Crippen LogP contribution >= 0.6 is 11.9 Å². The molecule has 2 heterocycles. The number of anilines is 1. The third kappa shape index (κ3) is 2.86. The highest BCUT2D eigenvalue weighted by Gasteiger charge is 2.17. The van der Waals surface area contributed by atoms with E-state index in [1.54, 1.807) is 11.9 Å². The largest absolute Gasteiger partial charge is 0.381 e. The zero-order valence-electron chi connectivity index (χ0n) is 8.90. The molecule has 2 rings (SSSR count). The van der Waals surface area contributed by atoms with Crippen molar-refractivity contribution in [2.45, 2.75) is 18.8 Å². The van der Waals surface area contributed by atoms with Crippen molar-refractivity contribution in [2.24, 2.45) is 0 Å². The van der Waals surface area contributed by atoms with Crippen LogP contribution in [0.2, 0.25) is 0 Å². The number of rotatable bonds is 3. The number of nitrogens with one attached hydrogen (secondary N) is 1. The van der Waals surface area contributed by atoms with E-state index in [2.05, 4.69) is 21.8 Å². The summed E-state index contributed by atoms with van der Waals surface area (Å²) in [5.74, 6) is 1.41. The number of pyridine rings is 1. The Bertz CT molecular complexity index is 313. The average Bonchev–Trinajstić information content (AvgIpc) is 2.31. The molecule has 0 bridgehead atoms. The standard InChI is InChI=1S/C11H16N2OS/c1-15-13-11-6-2-5-10(12-11)9-4-3-7-14-8-9/h2,5-6,9H,3-4,7-8H2,1H3,(H,12,13)/t9-/m1/s1. The summed E-state index contributed by atoms with van der Waals surface area (Å²) in [5, 5.41) is 0. The van der Waals surface area contributed by atoms with Gasteiger partial charge < -0.3 is 9.46 Å². The van der Waals surface area contributed by atoms with E-state index in [9.17, 15) is 0 Å². The second kappa shape index (κ2) is 5.37. The molecule has 0 aromatic carbocycles. The summed E-state index contributed by atoms with van der Waals surface area (Å²) in [6.45, 7) is 1.72. The van der Waals surface area contributed by atoms with E-state index in [1.165, 1.54) is 6.42 Å². The van der Waals surface area contributed by atoms with E-state index in [4.69, 9.17) is 4.74 Å². The fourth-order valence-electron chi connectivity index (χ4n) is 1.81. The molecule has 1 fully saturated rings. The summed E-state index contributed by atoms with van der Waals surface area (Å²) in [7, 11) is 0. The second-order valence-electron chi connectivity index (χ2n) is 3.67. The van der Waals surface area contributed by atoms with Crippen LogP contribution in [0.5, 0.6) is 0 Å². The number of hydrogen-bond donors (Lipinski definition) is 1. The SMILES string of the molecule is CSNc1cccc([C@@H]2CCCOC2)n1. The quantitative estimate of drug-likeness (QED) is 0.800. The average molecular weight is 224 g/mol. The Morgan fingerprint density at radius 3 is 3.20 bits per heavy atom. The van der Waals surface area contributed by atoms with Crippen molar-refractivity contribution >= 4 is 17.8 Å². The van der Waals surface area contributed by atoms with Crippen molar-refractivity contribution in [2.75, 3.05) is 24.2 Å². The molecule has 0 unspecified atom stereocenters. The minimum Gasteiger partial charge on any atom is -0.381 e. The second-order valence-corrected chi connectivity index (χ2v) is 4.28. The lowest BCUT2D eigenvalue weighted by atomic mass is 9.98. The molecule has 4 heteroatoms. The summed E-state index contributed by atoms with van der Waals surface area (Å²) in [6.07, 6.45) is 4.33. The minimum atomic E-state index is 0.474. The van der Waals surface area contributed by atoms with E-state index in [0.717, 1.165) is 31.1 Å². The van der Waals surface area contributed by atoms with Gasteiger partial charge in [0.15, 0.2) is 0 Å². The summed E-state index contributed by atoms with van der Waals surface area (Å²) in [6, 6.07) is 6.13. The molecule has 1 atom stereocenters. The molecule has 15 heavy (non-hydrogen) atoms. The van der Waals surface area contributed by atoms with E-state index in [1.807, 2.05) is 12.3 Å². The fourth-order valence-corrected chi connectivity index (χ4v) is 2.14. The van der Waals surface area contributed by atoms with Crippen LogP contribution in [0.15, 0.2) is 18.2 Å². The summed E-state index contributed by atoms with van der Waals surface area (Å²) >= 11 is 1.57. The third-order valence-corrected chi connectivity index (χ3v) is 2.97. The van der Waals surface area contributed by atoms with E-state index >= 15 is 0 Å². The first-order chi connectivity index (χ1) is 7.40. The van der Waals surface area contributed by atoms with Crippen molar-refractivity contribution in [1.29, 1.82) is 0 Å². The monoisotopic (exact) mass is 224 g/mol. The minimum absolute atomic E-state index is 0.474. The molecule has 1 saturated heterocycles. The molecule has 0 saturated carbocycles. The van der Waals surface area contributed by atoms with Gasteiger partial charge in [-0.25, -0.2) is 4.98 Å². The van der Waals surface area contributed by atoms with Crippen LogP contribution in [0, 0.1) is 0 Å². The first-order valence-electron chi connectivity index (χ1n) is 5.24. The van der Waals surface area contributed by atoms with Gasteiger partial charge in [0, 0.05) is 24.5 Å². The van der Waals surface area contributed by atoms with E-state index in [0.29, 0.717) is 5.92 Å². The highest BCUT2D eigenvalue weighted by atomic mass is 32.2. The molecular weight excluding hydrogens is 208 g/mol. The fraction of sp³-hybridized carbons (Fsp3) is 0.545. The molecule has 1 aromatic heterocycles. The highest BCUT2D eigenvalue weighted by Crippen LogP contribution is 2.24. The van der Waals surface area contributed by atoms with Gasteiger partial charge in [-0.05, 0) is 25.0 Å². The lowest BCUT2D eigenvalue weighted by Crippen LogP contribution is -2.16. The van der Waals surface area contributed by atoms with Crippen molar-refractivity contribution in [3.05, 3.63) is 23.9 Å². The van der Waals surface area contributed by atoms with Gasteiger partial charge in [0.25, 0.3) is 0 Å². The van der Waals surface area contributed by atoms with Crippen molar-refractivity contribution in [3.63, 3.8) is 0 Å². The number of ether oxygens (including phenoxy) is 1. The molecule has 82 valence electrons. The maximum atomic E-state index is 5.47. The molecule has 0 spiro atoms. The van der Waals surface area contributed by atoms with Gasteiger partial charge in [0.1, 0.15) is 5.82 Å². The van der Waals surface area contributed by atoms with Crippen LogP contribution in [0.1, 0.15) is 24.5 Å². The lowest BCUT2D eigenvalue weighted by molar-refractivity contribution is 0.0793. The van der Waals surface area contributed by atoms with Crippen LogP contribution in [0.4, 0.5) is 5.82 Å². The van der Waals surface area contributed by atoms with Gasteiger partial charge in [0.2, 0.25) is 0 Å². The molecule has 1 aliphatic heterocycles. The lowest BCUT2D eigenvalue weighted by Gasteiger charge is -2.21. The van der Waals surface area contributed by atoms with Gasteiger partial charge in [-0.1, -0.05) is 18.0 Å². The molecule has 0 aliphatic carbocycles. The van der Waals surface area contributed by atoms with Gasteiger partial charge in [0.05, 0.1) is 6.61 Å². The molecule has 0 amide bonds. The number of nitrogens with zero attached hydrogens (tertiary/aromatic N) is 1. The summed E-state index contributed by atoms with van der Waals surface area (Å²) in [4.78, 5) is 4.57. The van der Waals surface area contributed by atoms with Crippen LogP contribution in [0.25, 0.3) is 0 Å². The van der Waals surface area contributed by atoms with Crippen LogP contribution in [-0.2, 0) is 4.74 Å². The number of aromatic nitrogens is 1. The Kier molecular flexibility index (Phi) is 3.86. The molecule has 1 aliphatic rings. The van der Waals surface area contributed by atoms with Crippen LogP contribution in [0.3, 0.4) is 0 Å². The summed E-state index contributed by atoms with van der Waals surface area (Å²) < 4.78 is 8.62. The predicted octanol–water partition coefficient (Wildman–Crippen LogP) is 2.67. The zero-order valence-corrected chi connectivity index (χ0v) is 9.72. The summed E-state index contributed by atoms with van der Waals surface area (Å²) in [5.41, 5.74) is 1.15. The maximum Gasteiger partial charge on any atom is 0.136 e. The Morgan fingerprint density at radius 2 is 2.47 bits per heavy atom. The van der Waals surface area contributed by atoms with E-state index in [-0.39, 0.29) is 0 Å². The van der Waals surface area contributed by atoms with Gasteiger partial charge in [-0.2, -0.15) is 0 Å². The first kappa shape index (κ1) is 10.8. The zero-order chi connectivity index (χ0) is 10.5. The number of hydrogen-bond acceptors (Lipinski definition) is 4. The van der Waals surface area contributed by atoms with Crippen molar-refractivity contribution in [3.8, 4) is 0 Å². The Hall–Kier alpha value is -0.740. The molecule has 0 radical (unpaired) electrons. The molecule has 1 aromatic rings. The maximum absolute atomic E-state index is 5.47. The van der Waals surface area contributed by atoms with Crippen LogP contribution < -0.4 is 4.72 Å². The molecule has 1 N–H and O–H groups in total. The Labute approximate surface area is 94.8 Å². The van der Waals surface area contributed by atoms with Gasteiger partial charge in [-0.15, -0.1) is 0 Å². The smallest absolute Gasteiger partial charge is 0.136 e. The molecular formula is C11H16N2OS. The highest BCUT2D eigenvalue weighted by molar-refractivity contribution is 7.99. The van der Waals surface area contributed by atoms with Crippen LogP contribution in [-0.4, -0.2) is 24.5 Å². The van der Waals surface area contributed by atoms with Gasteiger partial charge >= 0.3 is 0 Å². The van der Waals surface area contributed by atoms with Gasteiger partial charge in [-0.3, -0.25) is 0 Å². The van der Waals surface area contributed by atoms with E-state index < -0.39 is 0 Å². The Balaban J connectivity index is 2.09. The first-order valence-corrected chi connectivity index (χ1v) is 6.46. The van der Waals surface area contributed by atoms with Crippen molar-refractivity contribution in [1.82, 2.24) is 4.98 Å². The molecule has 3 nitrogen and oxygen atoms in total. The normalized spacial score (nSPS) is 21.3. The van der Waals surface area contributed by atoms with Crippen molar-refractivity contribution < 1.29 is 4.74 Å². The topological polar surface area (TPSA) is 34.1 Å².